The molecule has 3 rings (SSSR count). The van der Waals surface area contributed by atoms with Gasteiger partial charge in [-0.1, -0.05) is 36.6 Å². The van der Waals surface area contributed by atoms with Crippen LogP contribution in [-0.2, 0) is 0 Å². The molecule has 0 spiro atoms. The lowest BCUT2D eigenvalue weighted by Gasteiger charge is -2.28. The fourth-order valence-electron chi connectivity index (χ4n) is 3.35. The summed E-state index contributed by atoms with van der Waals surface area (Å²) in [6.07, 6.45) is 3.52. The average Bonchev–Trinajstić information content (AvgIpc) is 3.13. The maximum atomic E-state index is 12.7. The molecule has 1 amide bonds. The van der Waals surface area contributed by atoms with Crippen LogP contribution in [0, 0.1) is 6.92 Å². The van der Waals surface area contributed by atoms with Crippen molar-refractivity contribution in [2.75, 3.05) is 13.6 Å². The molecule has 6 heteroatoms. The lowest BCUT2D eigenvalue weighted by atomic mass is 10.0. The number of aliphatic hydroxyl groups is 1. The van der Waals surface area contributed by atoms with Crippen LogP contribution in [0.1, 0.15) is 41.9 Å². The van der Waals surface area contributed by atoms with Gasteiger partial charge in [0.15, 0.2) is 5.69 Å². The molecular formula is C18H22ClN3O2. The molecule has 128 valence electrons. The minimum absolute atomic E-state index is 0.191. The van der Waals surface area contributed by atoms with E-state index in [0.29, 0.717) is 17.3 Å². The van der Waals surface area contributed by atoms with Gasteiger partial charge in [0.05, 0.1) is 16.3 Å². The summed E-state index contributed by atoms with van der Waals surface area (Å²) in [6, 6.07) is 9.14. The van der Waals surface area contributed by atoms with Gasteiger partial charge in [-0.15, -0.1) is 0 Å². The topological polar surface area (TPSA) is 58.4 Å². The summed E-state index contributed by atoms with van der Waals surface area (Å²) in [5.74, 6) is -0.191. The Morgan fingerprint density at radius 1 is 1.38 bits per heavy atom. The van der Waals surface area contributed by atoms with Crippen molar-refractivity contribution in [3.05, 3.63) is 46.7 Å². The average molecular weight is 348 g/mol. The number of hydrogen-bond donors (Lipinski definition) is 1. The summed E-state index contributed by atoms with van der Waals surface area (Å²) in [5.41, 5.74) is 1.17. The van der Waals surface area contributed by atoms with Crippen LogP contribution >= 0.6 is 11.6 Å². The Balaban J connectivity index is 1.81. The van der Waals surface area contributed by atoms with E-state index in [9.17, 15) is 9.90 Å². The lowest BCUT2D eigenvalue weighted by molar-refractivity contribution is 0.0154. The van der Waals surface area contributed by atoms with Crippen LogP contribution in [0.3, 0.4) is 0 Å². The molecule has 0 bridgehead atoms. The van der Waals surface area contributed by atoms with Gasteiger partial charge >= 0.3 is 0 Å². The number of aromatic nitrogens is 2. The molecular weight excluding hydrogens is 326 g/mol. The number of amides is 1. The maximum absolute atomic E-state index is 12.7. The van der Waals surface area contributed by atoms with Gasteiger partial charge in [0, 0.05) is 19.3 Å². The molecule has 0 aliphatic heterocycles. The second kappa shape index (κ2) is 6.57. The first-order chi connectivity index (χ1) is 11.4. The fourth-order valence-corrected chi connectivity index (χ4v) is 3.56. The molecule has 1 N–H and O–H groups in total. The smallest absolute Gasteiger partial charge is 0.274 e. The van der Waals surface area contributed by atoms with E-state index >= 15 is 0 Å². The van der Waals surface area contributed by atoms with Crippen LogP contribution in [-0.4, -0.2) is 44.9 Å². The number of rotatable bonds is 4. The molecule has 0 unspecified atom stereocenters. The summed E-state index contributed by atoms with van der Waals surface area (Å²) in [5, 5.41) is 15.5. The Bertz CT molecular complexity index is 750. The third kappa shape index (κ3) is 3.32. The largest absolute Gasteiger partial charge is 0.388 e. The van der Waals surface area contributed by atoms with E-state index in [1.54, 1.807) is 28.8 Å². The standard InChI is InChI=1S/C18H22ClN3O2/c1-13-11-15(20-22(13)16-8-4-3-7-14(16)19)17(23)21(2)12-18(24)9-5-6-10-18/h3-4,7-8,11,24H,5-6,9-10,12H2,1-2H3. The van der Waals surface area contributed by atoms with E-state index in [-0.39, 0.29) is 5.91 Å². The van der Waals surface area contributed by atoms with Crippen molar-refractivity contribution in [2.45, 2.75) is 38.2 Å². The number of carbonyl (C=O) groups is 1. The van der Waals surface area contributed by atoms with Crippen molar-refractivity contribution in [1.82, 2.24) is 14.7 Å². The van der Waals surface area contributed by atoms with Gasteiger partial charge in [0.1, 0.15) is 0 Å². The SMILES string of the molecule is Cc1cc(C(=O)N(C)CC2(O)CCCC2)nn1-c1ccccc1Cl. The molecule has 1 aromatic heterocycles. The van der Waals surface area contributed by atoms with Crippen LogP contribution in [0.15, 0.2) is 30.3 Å². The van der Waals surface area contributed by atoms with Gasteiger partial charge in [-0.3, -0.25) is 4.79 Å². The van der Waals surface area contributed by atoms with Crippen molar-refractivity contribution in [3.8, 4) is 5.69 Å². The van der Waals surface area contributed by atoms with Gasteiger partial charge < -0.3 is 10.0 Å². The highest BCUT2D eigenvalue weighted by Gasteiger charge is 2.34. The molecule has 5 nitrogen and oxygen atoms in total. The highest BCUT2D eigenvalue weighted by Crippen LogP contribution is 2.30. The van der Waals surface area contributed by atoms with Crippen molar-refractivity contribution >= 4 is 17.5 Å². The highest BCUT2D eigenvalue weighted by molar-refractivity contribution is 6.32. The number of halogens is 1. The van der Waals surface area contributed by atoms with Crippen LogP contribution in [0.25, 0.3) is 5.69 Å². The van der Waals surface area contributed by atoms with E-state index in [0.717, 1.165) is 37.1 Å². The first-order valence-electron chi connectivity index (χ1n) is 8.19. The third-order valence-corrected chi connectivity index (χ3v) is 4.92. The molecule has 1 aliphatic rings. The van der Waals surface area contributed by atoms with Crippen LogP contribution in [0.2, 0.25) is 5.02 Å². The minimum atomic E-state index is -0.759. The molecule has 1 saturated carbocycles. The summed E-state index contributed by atoms with van der Waals surface area (Å²) < 4.78 is 1.67. The Labute approximate surface area is 146 Å². The molecule has 0 saturated heterocycles. The summed E-state index contributed by atoms with van der Waals surface area (Å²) >= 11 is 6.22. The zero-order chi connectivity index (χ0) is 17.3. The number of benzene rings is 1. The maximum Gasteiger partial charge on any atom is 0.274 e. The summed E-state index contributed by atoms with van der Waals surface area (Å²) in [4.78, 5) is 14.2. The lowest BCUT2D eigenvalue weighted by Crippen LogP contribution is -2.42. The summed E-state index contributed by atoms with van der Waals surface area (Å²) in [6.45, 7) is 2.22. The van der Waals surface area contributed by atoms with Crippen molar-refractivity contribution in [3.63, 3.8) is 0 Å². The molecule has 1 heterocycles. The molecule has 24 heavy (non-hydrogen) atoms. The van der Waals surface area contributed by atoms with E-state index < -0.39 is 5.60 Å². The Kier molecular flexibility index (Phi) is 4.65. The van der Waals surface area contributed by atoms with E-state index in [2.05, 4.69) is 5.10 Å². The van der Waals surface area contributed by atoms with Gasteiger partial charge in [-0.05, 0) is 38.0 Å². The Morgan fingerprint density at radius 2 is 2.04 bits per heavy atom. The molecule has 0 radical (unpaired) electrons. The predicted molar refractivity (Wildman–Crippen MR) is 93.7 cm³/mol. The first-order valence-corrected chi connectivity index (χ1v) is 8.57. The van der Waals surface area contributed by atoms with Crippen LogP contribution < -0.4 is 0 Å². The van der Waals surface area contributed by atoms with Crippen LogP contribution in [0.4, 0.5) is 0 Å². The zero-order valence-corrected chi connectivity index (χ0v) is 14.8. The third-order valence-electron chi connectivity index (χ3n) is 4.60. The van der Waals surface area contributed by atoms with Crippen molar-refractivity contribution in [2.24, 2.45) is 0 Å². The molecule has 1 aliphatic carbocycles. The monoisotopic (exact) mass is 347 g/mol. The molecule has 0 atom stereocenters. The zero-order valence-electron chi connectivity index (χ0n) is 14.0. The number of likely N-dealkylation sites (N-methyl/N-ethyl adjacent to an activating group) is 1. The number of carbonyl (C=O) groups excluding carboxylic acids is 1. The number of hydrogen-bond acceptors (Lipinski definition) is 3. The second-order valence-corrected chi connectivity index (χ2v) is 7.03. The van der Waals surface area contributed by atoms with E-state index in [4.69, 9.17) is 11.6 Å². The Hall–Kier alpha value is -1.85. The predicted octanol–water partition coefficient (Wildman–Crippen LogP) is 3.21. The minimum Gasteiger partial charge on any atom is -0.388 e. The van der Waals surface area contributed by atoms with Gasteiger partial charge in [0.25, 0.3) is 5.91 Å². The van der Waals surface area contributed by atoms with Gasteiger partial charge in [-0.25, -0.2) is 4.68 Å². The quantitative estimate of drug-likeness (QED) is 0.923. The number of para-hydroxylation sites is 1. The highest BCUT2D eigenvalue weighted by atomic mass is 35.5. The first kappa shape index (κ1) is 17.0. The second-order valence-electron chi connectivity index (χ2n) is 6.63. The van der Waals surface area contributed by atoms with Crippen molar-refractivity contribution < 1.29 is 9.90 Å². The summed E-state index contributed by atoms with van der Waals surface area (Å²) in [7, 11) is 1.71. The number of aryl methyl sites for hydroxylation is 1. The van der Waals surface area contributed by atoms with E-state index in [1.807, 2.05) is 25.1 Å². The normalized spacial score (nSPS) is 16.3. The van der Waals surface area contributed by atoms with Crippen molar-refractivity contribution in [1.29, 1.82) is 0 Å². The van der Waals surface area contributed by atoms with Crippen LogP contribution in [0.5, 0.6) is 0 Å². The van der Waals surface area contributed by atoms with E-state index in [1.165, 1.54) is 0 Å². The number of nitrogens with zero attached hydrogens (tertiary/aromatic N) is 3. The van der Waals surface area contributed by atoms with Gasteiger partial charge in [0.2, 0.25) is 0 Å². The Morgan fingerprint density at radius 3 is 2.71 bits per heavy atom. The molecule has 1 aromatic carbocycles. The fraction of sp³-hybridized carbons (Fsp3) is 0.444. The molecule has 2 aromatic rings. The molecule has 1 fully saturated rings. The van der Waals surface area contributed by atoms with Gasteiger partial charge in [-0.2, -0.15) is 5.10 Å².